The molecule has 0 bridgehead atoms. The smallest absolute Gasteiger partial charge is 0.0946 e. The summed E-state index contributed by atoms with van der Waals surface area (Å²) in [6, 6.07) is 13.4. The molecule has 1 aromatic heterocycles. The molecule has 7 heteroatoms. The molecule has 3 nitrogen and oxygen atoms in total. The van der Waals surface area contributed by atoms with Gasteiger partial charge in [-0.1, -0.05) is 40.9 Å². The number of benzene rings is 2. The molecule has 136 valence electrons. The molecule has 0 aliphatic rings. The molecule has 0 spiro atoms. The number of hydrogen-bond acceptors (Lipinski definition) is 3. The molecule has 0 aliphatic heterocycles. The first-order valence-corrected chi connectivity index (χ1v) is 10.1. The van der Waals surface area contributed by atoms with Crippen LogP contribution in [0.5, 0.6) is 0 Å². The van der Waals surface area contributed by atoms with Crippen molar-refractivity contribution in [1.82, 2.24) is 9.55 Å². The average molecular weight is 428 g/mol. The standard InChI is InChI=1S/C19H17Cl3N2OS/c20-15-2-4-17(5-3-15)26-12-16(10-24-8-7-23-13-24)25-11-14-1-6-18(21)19(22)9-14/h1-9,13,16H,10-12H2. The van der Waals surface area contributed by atoms with Crippen LogP contribution >= 0.6 is 46.6 Å². The molecule has 0 fully saturated rings. The Morgan fingerprint density at radius 3 is 2.54 bits per heavy atom. The molecule has 0 radical (unpaired) electrons. The van der Waals surface area contributed by atoms with Crippen molar-refractivity contribution in [2.24, 2.45) is 0 Å². The summed E-state index contributed by atoms with van der Waals surface area (Å²) >= 11 is 19.7. The molecule has 0 N–H and O–H groups in total. The quantitative estimate of drug-likeness (QED) is 0.399. The summed E-state index contributed by atoms with van der Waals surface area (Å²) < 4.78 is 8.16. The Hall–Kier alpha value is -1.17. The topological polar surface area (TPSA) is 27.1 Å². The van der Waals surface area contributed by atoms with Gasteiger partial charge in [0.2, 0.25) is 0 Å². The van der Waals surface area contributed by atoms with Crippen LogP contribution in [0.2, 0.25) is 15.1 Å². The SMILES string of the molecule is Clc1ccc(SCC(Cn2ccnc2)OCc2ccc(Cl)c(Cl)c2)cc1. The van der Waals surface area contributed by atoms with Crippen molar-refractivity contribution in [2.75, 3.05) is 5.75 Å². The first kappa shape index (κ1) is 19.6. The third kappa shape index (κ3) is 5.93. The van der Waals surface area contributed by atoms with Gasteiger partial charge < -0.3 is 9.30 Å². The number of rotatable bonds is 8. The predicted molar refractivity (Wildman–Crippen MR) is 109 cm³/mol. The fourth-order valence-electron chi connectivity index (χ4n) is 2.35. The molecular formula is C19H17Cl3N2OS. The lowest BCUT2D eigenvalue weighted by Crippen LogP contribution is -2.22. The highest BCUT2D eigenvalue weighted by molar-refractivity contribution is 7.99. The Balaban J connectivity index is 1.62. The van der Waals surface area contributed by atoms with Crippen LogP contribution in [0.15, 0.2) is 66.1 Å². The van der Waals surface area contributed by atoms with Gasteiger partial charge in [-0.05, 0) is 42.0 Å². The van der Waals surface area contributed by atoms with Crippen LogP contribution in [-0.4, -0.2) is 21.4 Å². The van der Waals surface area contributed by atoms with Gasteiger partial charge in [0.05, 0.1) is 35.6 Å². The Morgan fingerprint density at radius 2 is 1.85 bits per heavy atom. The maximum Gasteiger partial charge on any atom is 0.0946 e. The third-order valence-electron chi connectivity index (χ3n) is 3.69. The second kappa shape index (κ2) is 9.67. The van der Waals surface area contributed by atoms with Crippen molar-refractivity contribution in [1.29, 1.82) is 0 Å². The number of imidazole rings is 1. The van der Waals surface area contributed by atoms with Gasteiger partial charge in [0.25, 0.3) is 0 Å². The molecule has 1 heterocycles. The number of hydrogen-bond donors (Lipinski definition) is 0. The number of aromatic nitrogens is 2. The summed E-state index contributed by atoms with van der Waals surface area (Å²) in [5, 5.41) is 1.82. The summed E-state index contributed by atoms with van der Waals surface area (Å²) in [6.07, 6.45) is 5.51. The average Bonchev–Trinajstić information content (AvgIpc) is 3.14. The van der Waals surface area contributed by atoms with E-state index in [1.165, 1.54) is 0 Å². The summed E-state index contributed by atoms with van der Waals surface area (Å²) in [4.78, 5) is 5.25. The number of nitrogens with zero attached hydrogens (tertiary/aromatic N) is 2. The Kier molecular flexibility index (Phi) is 7.29. The van der Waals surface area contributed by atoms with Crippen LogP contribution in [-0.2, 0) is 17.9 Å². The summed E-state index contributed by atoms with van der Waals surface area (Å²) in [5.74, 6) is 0.807. The minimum Gasteiger partial charge on any atom is -0.371 e. The van der Waals surface area contributed by atoms with E-state index in [0.29, 0.717) is 16.7 Å². The molecule has 3 aromatic rings. The van der Waals surface area contributed by atoms with Crippen molar-refractivity contribution < 1.29 is 4.74 Å². The van der Waals surface area contributed by atoms with E-state index in [9.17, 15) is 0 Å². The van der Waals surface area contributed by atoms with E-state index >= 15 is 0 Å². The van der Waals surface area contributed by atoms with E-state index in [1.54, 1.807) is 30.4 Å². The van der Waals surface area contributed by atoms with E-state index in [1.807, 2.05) is 47.2 Å². The highest BCUT2D eigenvalue weighted by Crippen LogP contribution is 2.25. The van der Waals surface area contributed by atoms with Crippen LogP contribution in [0, 0.1) is 0 Å². The number of thioether (sulfide) groups is 1. The van der Waals surface area contributed by atoms with Crippen LogP contribution < -0.4 is 0 Å². The lowest BCUT2D eigenvalue weighted by molar-refractivity contribution is 0.0450. The summed E-state index contributed by atoms with van der Waals surface area (Å²) in [7, 11) is 0. The number of ether oxygens (including phenoxy) is 1. The molecule has 0 saturated heterocycles. The minimum atomic E-state index is 0.0133. The van der Waals surface area contributed by atoms with Crippen molar-refractivity contribution in [3.8, 4) is 0 Å². The van der Waals surface area contributed by atoms with Gasteiger partial charge in [0, 0.05) is 28.1 Å². The van der Waals surface area contributed by atoms with E-state index in [4.69, 9.17) is 39.5 Å². The number of halogens is 3. The van der Waals surface area contributed by atoms with Crippen molar-refractivity contribution >= 4 is 46.6 Å². The molecule has 3 rings (SSSR count). The Labute approximate surface area is 172 Å². The molecule has 1 atom stereocenters. The maximum atomic E-state index is 6.14. The first-order chi connectivity index (χ1) is 12.6. The lowest BCUT2D eigenvalue weighted by Gasteiger charge is -2.18. The van der Waals surface area contributed by atoms with Gasteiger partial charge in [0.15, 0.2) is 0 Å². The van der Waals surface area contributed by atoms with Crippen LogP contribution in [0.4, 0.5) is 0 Å². The predicted octanol–water partition coefficient (Wildman–Crippen LogP) is 6.22. The van der Waals surface area contributed by atoms with Crippen molar-refractivity contribution in [2.45, 2.75) is 24.2 Å². The summed E-state index contributed by atoms with van der Waals surface area (Å²) in [5.41, 5.74) is 0.992. The summed E-state index contributed by atoms with van der Waals surface area (Å²) in [6.45, 7) is 1.19. The van der Waals surface area contributed by atoms with Crippen LogP contribution in [0.25, 0.3) is 0 Å². The fraction of sp³-hybridized carbons (Fsp3) is 0.211. The zero-order valence-electron chi connectivity index (χ0n) is 13.8. The highest BCUT2D eigenvalue weighted by atomic mass is 35.5. The third-order valence-corrected chi connectivity index (χ3v) is 5.83. The molecule has 26 heavy (non-hydrogen) atoms. The molecule has 0 amide bonds. The lowest BCUT2D eigenvalue weighted by atomic mass is 10.2. The molecular weight excluding hydrogens is 411 g/mol. The van der Waals surface area contributed by atoms with Gasteiger partial charge >= 0.3 is 0 Å². The van der Waals surface area contributed by atoms with Gasteiger partial charge in [-0.3, -0.25) is 0 Å². The Bertz CT molecular complexity index is 825. The molecule has 1 unspecified atom stereocenters. The van der Waals surface area contributed by atoms with E-state index in [0.717, 1.165) is 27.8 Å². The van der Waals surface area contributed by atoms with Crippen LogP contribution in [0.1, 0.15) is 5.56 Å². The molecule has 0 saturated carbocycles. The minimum absolute atomic E-state index is 0.0133. The first-order valence-electron chi connectivity index (χ1n) is 8.00. The largest absolute Gasteiger partial charge is 0.371 e. The van der Waals surface area contributed by atoms with Gasteiger partial charge in [0.1, 0.15) is 0 Å². The normalized spacial score (nSPS) is 12.3. The zero-order valence-corrected chi connectivity index (χ0v) is 16.9. The van der Waals surface area contributed by atoms with Crippen LogP contribution in [0.3, 0.4) is 0 Å². The van der Waals surface area contributed by atoms with Gasteiger partial charge in [-0.2, -0.15) is 0 Å². The monoisotopic (exact) mass is 426 g/mol. The van der Waals surface area contributed by atoms with E-state index < -0.39 is 0 Å². The molecule has 2 aromatic carbocycles. The van der Waals surface area contributed by atoms with Gasteiger partial charge in [-0.15, -0.1) is 11.8 Å². The molecule has 0 aliphatic carbocycles. The maximum absolute atomic E-state index is 6.14. The van der Waals surface area contributed by atoms with E-state index in [2.05, 4.69) is 4.98 Å². The highest BCUT2D eigenvalue weighted by Gasteiger charge is 2.12. The Morgan fingerprint density at radius 1 is 1.04 bits per heavy atom. The van der Waals surface area contributed by atoms with Gasteiger partial charge in [-0.25, -0.2) is 4.98 Å². The second-order valence-corrected chi connectivity index (χ2v) is 8.05. The van der Waals surface area contributed by atoms with Crippen molar-refractivity contribution in [3.63, 3.8) is 0 Å². The second-order valence-electron chi connectivity index (χ2n) is 5.71. The fourth-order valence-corrected chi connectivity index (χ4v) is 3.70. The zero-order chi connectivity index (χ0) is 18.4. The van der Waals surface area contributed by atoms with Crippen molar-refractivity contribution in [3.05, 3.63) is 81.8 Å². The van der Waals surface area contributed by atoms with E-state index in [-0.39, 0.29) is 6.10 Å².